The fraction of sp³-hybridized carbons (Fsp3) is 1.00. The Morgan fingerprint density at radius 3 is 2.29 bits per heavy atom. The molecule has 2 nitrogen and oxygen atoms in total. The topological polar surface area (TPSA) is 18.5 Å². The number of rotatable bonds is 0. The average molecular weight is 238 g/mol. The molecule has 2 atom stereocenters. The van der Waals surface area contributed by atoms with Crippen molar-refractivity contribution in [3.63, 3.8) is 0 Å². The first-order valence-corrected chi connectivity index (χ1v) is 7.28. The molecule has 1 aliphatic heterocycles. The van der Waals surface area contributed by atoms with Crippen molar-refractivity contribution < 1.29 is 9.47 Å². The van der Waals surface area contributed by atoms with Gasteiger partial charge < -0.3 is 9.47 Å². The third-order valence-corrected chi connectivity index (χ3v) is 5.96. The van der Waals surface area contributed by atoms with E-state index in [0.717, 1.165) is 25.6 Å². The van der Waals surface area contributed by atoms with Crippen LogP contribution in [0.3, 0.4) is 0 Å². The van der Waals surface area contributed by atoms with E-state index in [-0.39, 0.29) is 11.2 Å². The van der Waals surface area contributed by atoms with E-state index in [1.54, 1.807) is 0 Å². The third-order valence-electron chi connectivity index (χ3n) is 5.96. The lowest BCUT2D eigenvalue weighted by Gasteiger charge is -2.60. The highest BCUT2D eigenvalue weighted by Crippen LogP contribution is 2.62. The molecule has 2 aliphatic carbocycles. The molecule has 0 N–H and O–H groups in total. The average Bonchev–Trinajstić information content (AvgIpc) is 2.75. The second kappa shape index (κ2) is 3.71. The Kier molecular flexibility index (Phi) is 2.61. The fourth-order valence-electron chi connectivity index (χ4n) is 4.94. The van der Waals surface area contributed by atoms with Crippen molar-refractivity contribution in [2.45, 2.75) is 65.1 Å². The molecule has 3 fully saturated rings. The lowest BCUT2D eigenvalue weighted by atomic mass is 9.49. The zero-order valence-corrected chi connectivity index (χ0v) is 11.6. The van der Waals surface area contributed by atoms with Crippen LogP contribution in [-0.4, -0.2) is 19.0 Å². The van der Waals surface area contributed by atoms with Crippen LogP contribution in [0, 0.1) is 16.7 Å². The molecular formula is C15H26O2. The van der Waals surface area contributed by atoms with Gasteiger partial charge in [-0.1, -0.05) is 33.6 Å². The van der Waals surface area contributed by atoms with Gasteiger partial charge >= 0.3 is 0 Å². The molecule has 98 valence electrons. The van der Waals surface area contributed by atoms with Crippen molar-refractivity contribution in [1.82, 2.24) is 0 Å². The van der Waals surface area contributed by atoms with Gasteiger partial charge in [0.15, 0.2) is 5.79 Å². The summed E-state index contributed by atoms with van der Waals surface area (Å²) in [6.07, 6.45) is 7.93. The highest BCUT2D eigenvalue weighted by molar-refractivity contribution is 5.06. The molecule has 0 aromatic rings. The smallest absolute Gasteiger partial charge is 0.173 e. The Balaban J connectivity index is 1.94. The van der Waals surface area contributed by atoms with Crippen LogP contribution in [-0.2, 0) is 9.47 Å². The second-order valence-electron chi connectivity index (χ2n) is 7.12. The van der Waals surface area contributed by atoms with Crippen molar-refractivity contribution in [1.29, 1.82) is 0 Å². The summed E-state index contributed by atoms with van der Waals surface area (Å²) in [6.45, 7) is 8.83. The van der Waals surface area contributed by atoms with Crippen LogP contribution in [0.2, 0.25) is 0 Å². The van der Waals surface area contributed by atoms with Gasteiger partial charge in [0.05, 0.1) is 13.2 Å². The Hall–Kier alpha value is -0.0800. The monoisotopic (exact) mass is 238 g/mol. The molecule has 1 spiro atoms. The summed E-state index contributed by atoms with van der Waals surface area (Å²) in [6, 6.07) is 0. The second-order valence-corrected chi connectivity index (χ2v) is 7.12. The third kappa shape index (κ3) is 1.53. The van der Waals surface area contributed by atoms with E-state index < -0.39 is 0 Å². The summed E-state index contributed by atoms with van der Waals surface area (Å²) in [5.74, 6) is 0.490. The predicted octanol–water partition coefficient (Wildman–Crippen LogP) is 3.75. The Morgan fingerprint density at radius 1 is 0.882 bits per heavy atom. The molecule has 0 unspecified atom stereocenters. The molecule has 0 radical (unpaired) electrons. The standard InChI is InChI=1S/C15H26O2/c1-13(2)12-6-4-5-7-14(12,3)8-9-15(13)16-10-11-17-15/h12H,4-11H2,1-3H3/t12-,14-/m1/s1. The van der Waals surface area contributed by atoms with Gasteiger partial charge in [0, 0.05) is 11.8 Å². The molecule has 3 aliphatic rings. The van der Waals surface area contributed by atoms with Gasteiger partial charge in [-0.25, -0.2) is 0 Å². The number of ether oxygens (including phenoxy) is 2. The van der Waals surface area contributed by atoms with Crippen molar-refractivity contribution in [3.05, 3.63) is 0 Å². The number of hydrogen-bond acceptors (Lipinski definition) is 2. The molecule has 0 amide bonds. The molecule has 0 aromatic carbocycles. The van der Waals surface area contributed by atoms with E-state index in [0.29, 0.717) is 5.41 Å². The number of fused-ring (bicyclic) bond motifs is 1. The minimum Gasteiger partial charge on any atom is -0.347 e. The van der Waals surface area contributed by atoms with Gasteiger partial charge in [0.1, 0.15) is 0 Å². The maximum Gasteiger partial charge on any atom is 0.173 e. The van der Waals surface area contributed by atoms with Gasteiger partial charge in [-0.2, -0.15) is 0 Å². The molecule has 1 heterocycles. The molecule has 3 rings (SSSR count). The van der Waals surface area contributed by atoms with Crippen molar-refractivity contribution >= 4 is 0 Å². The zero-order valence-electron chi connectivity index (χ0n) is 11.6. The van der Waals surface area contributed by atoms with Gasteiger partial charge in [0.25, 0.3) is 0 Å². The van der Waals surface area contributed by atoms with Crippen LogP contribution >= 0.6 is 0 Å². The Labute approximate surface area is 105 Å². The van der Waals surface area contributed by atoms with Crippen LogP contribution in [0.4, 0.5) is 0 Å². The fourth-order valence-corrected chi connectivity index (χ4v) is 4.94. The first kappa shape index (κ1) is 12.0. The van der Waals surface area contributed by atoms with Gasteiger partial charge in [-0.15, -0.1) is 0 Å². The Bertz CT molecular complexity index is 304. The molecule has 0 aromatic heterocycles. The highest BCUT2D eigenvalue weighted by atomic mass is 16.7. The highest BCUT2D eigenvalue weighted by Gasteiger charge is 2.61. The van der Waals surface area contributed by atoms with Crippen molar-refractivity contribution in [2.24, 2.45) is 16.7 Å². The predicted molar refractivity (Wildman–Crippen MR) is 67.7 cm³/mol. The lowest BCUT2D eigenvalue weighted by molar-refractivity contribution is -0.287. The quantitative estimate of drug-likeness (QED) is 0.640. The van der Waals surface area contributed by atoms with Gasteiger partial charge in [-0.3, -0.25) is 0 Å². The molecule has 0 bridgehead atoms. The summed E-state index contributed by atoms with van der Waals surface area (Å²) in [4.78, 5) is 0. The summed E-state index contributed by atoms with van der Waals surface area (Å²) < 4.78 is 12.1. The summed E-state index contributed by atoms with van der Waals surface area (Å²) in [5.41, 5.74) is 0.694. The van der Waals surface area contributed by atoms with Gasteiger partial charge in [-0.05, 0) is 30.6 Å². The maximum atomic E-state index is 6.07. The molecular weight excluding hydrogens is 212 g/mol. The normalized spacial score (nSPS) is 43.6. The minimum atomic E-state index is -0.269. The first-order chi connectivity index (χ1) is 8.00. The van der Waals surface area contributed by atoms with Crippen LogP contribution < -0.4 is 0 Å². The minimum absolute atomic E-state index is 0.164. The molecule has 2 saturated carbocycles. The van der Waals surface area contributed by atoms with Crippen LogP contribution in [0.25, 0.3) is 0 Å². The lowest BCUT2D eigenvalue weighted by Crippen LogP contribution is -2.59. The van der Waals surface area contributed by atoms with E-state index in [1.165, 1.54) is 32.1 Å². The van der Waals surface area contributed by atoms with E-state index in [2.05, 4.69) is 20.8 Å². The number of hydrogen-bond donors (Lipinski definition) is 0. The van der Waals surface area contributed by atoms with E-state index in [9.17, 15) is 0 Å². The maximum absolute atomic E-state index is 6.07. The van der Waals surface area contributed by atoms with Crippen LogP contribution in [0.15, 0.2) is 0 Å². The summed E-state index contributed by atoms with van der Waals surface area (Å²) in [7, 11) is 0. The summed E-state index contributed by atoms with van der Waals surface area (Å²) in [5, 5.41) is 0. The molecule has 17 heavy (non-hydrogen) atoms. The van der Waals surface area contributed by atoms with Crippen molar-refractivity contribution in [3.8, 4) is 0 Å². The van der Waals surface area contributed by atoms with Gasteiger partial charge in [0.2, 0.25) is 0 Å². The molecule has 1 saturated heterocycles. The largest absolute Gasteiger partial charge is 0.347 e. The van der Waals surface area contributed by atoms with Crippen LogP contribution in [0.5, 0.6) is 0 Å². The van der Waals surface area contributed by atoms with E-state index >= 15 is 0 Å². The summed E-state index contributed by atoms with van der Waals surface area (Å²) >= 11 is 0. The van der Waals surface area contributed by atoms with Crippen LogP contribution in [0.1, 0.15) is 59.3 Å². The first-order valence-electron chi connectivity index (χ1n) is 7.28. The molecule has 2 heteroatoms. The zero-order chi connectivity index (χ0) is 12.1. The SMILES string of the molecule is CC1(C)[C@H]2CCCC[C@]2(C)CCC12OCCO2. The Morgan fingerprint density at radius 2 is 1.59 bits per heavy atom. The van der Waals surface area contributed by atoms with Crippen molar-refractivity contribution in [2.75, 3.05) is 13.2 Å². The van der Waals surface area contributed by atoms with E-state index in [4.69, 9.17) is 9.47 Å². The van der Waals surface area contributed by atoms with E-state index in [1.807, 2.05) is 0 Å².